The largest absolute Gasteiger partial charge is 0.497 e. The molecule has 2 aromatic carbocycles. The number of thiazole rings is 1. The molecule has 0 aliphatic heterocycles. The molecule has 0 atom stereocenters. The Bertz CT molecular complexity index is 873. The number of rotatable bonds is 6. The van der Waals surface area contributed by atoms with E-state index in [9.17, 15) is 4.79 Å². The highest BCUT2D eigenvalue weighted by atomic mass is 32.2. The lowest BCUT2D eigenvalue weighted by molar-refractivity contribution is -0.115. The van der Waals surface area contributed by atoms with Crippen LogP contribution in [0.1, 0.15) is 19.4 Å². The second-order valence-corrected chi connectivity index (χ2v) is 8.57. The summed E-state index contributed by atoms with van der Waals surface area (Å²) in [6, 6.07) is 13.8. The Morgan fingerprint density at radius 3 is 2.68 bits per heavy atom. The van der Waals surface area contributed by atoms with Gasteiger partial charge in [-0.3, -0.25) is 4.79 Å². The van der Waals surface area contributed by atoms with Gasteiger partial charge in [-0.05, 0) is 35.9 Å². The van der Waals surface area contributed by atoms with Gasteiger partial charge in [-0.25, -0.2) is 4.98 Å². The minimum Gasteiger partial charge on any atom is -0.497 e. The molecule has 3 rings (SSSR count). The van der Waals surface area contributed by atoms with Crippen molar-refractivity contribution in [2.45, 2.75) is 30.4 Å². The van der Waals surface area contributed by atoms with Crippen LogP contribution < -0.4 is 10.1 Å². The molecule has 0 spiro atoms. The maximum atomic E-state index is 12.3. The molecule has 0 fully saturated rings. The number of methoxy groups -OCH3 is 1. The van der Waals surface area contributed by atoms with E-state index < -0.39 is 0 Å². The van der Waals surface area contributed by atoms with E-state index in [0.717, 1.165) is 21.5 Å². The molecule has 0 aliphatic rings. The topological polar surface area (TPSA) is 51.2 Å². The highest BCUT2D eigenvalue weighted by Crippen LogP contribution is 2.29. The fraction of sp³-hybridized carbons (Fsp3) is 0.263. The predicted octanol–water partition coefficient (Wildman–Crippen LogP) is 4.99. The summed E-state index contributed by atoms with van der Waals surface area (Å²) >= 11 is 3.26. The van der Waals surface area contributed by atoms with E-state index in [2.05, 4.69) is 36.3 Å². The van der Waals surface area contributed by atoms with Crippen molar-refractivity contribution < 1.29 is 9.53 Å². The number of aromatic nitrogens is 1. The Morgan fingerprint density at radius 1 is 1.24 bits per heavy atom. The Kier molecular flexibility index (Phi) is 5.60. The van der Waals surface area contributed by atoms with E-state index in [4.69, 9.17) is 4.74 Å². The maximum absolute atomic E-state index is 12.3. The minimum absolute atomic E-state index is 0.0599. The van der Waals surface area contributed by atoms with Crippen LogP contribution in [0, 0.1) is 0 Å². The molecule has 130 valence electrons. The fourth-order valence-electron chi connectivity index (χ4n) is 2.39. The first-order valence-corrected chi connectivity index (χ1v) is 9.73. The molecule has 1 heterocycles. The fourth-order valence-corrected chi connectivity index (χ4v) is 4.14. The van der Waals surface area contributed by atoms with E-state index in [0.29, 0.717) is 16.8 Å². The number of nitrogens with zero attached hydrogens (tertiary/aromatic N) is 1. The number of nitrogens with one attached hydrogen (secondary N) is 1. The van der Waals surface area contributed by atoms with Crippen molar-refractivity contribution in [1.82, 2.24) is 4.98 Å². The van der Waals surface area contributed by atoms with Crippen molar-refractivity contribution in [2.75, 3.05) is 12.4 Å². The number of carbonyl (C=O) groups is 1. The molecule has 1 amide bonds. The Hall–Kier alpha value is -2.05. The molecule has 0 bridgehead atoms. The number of fused-ring (bicyclic) bond motifs is 1. The summed E-state index contributed by atoms with van der Waals surface area (Å²) < 4.78 is 6.21. The van der Waals surface area contributed by atoms with Gasteiger partial charge in [0.05, 0.1) is 23.7 Å². The van der Waals surface area contributed by atoms with E-state index >= 15 is 0 Å². The van der Waals surface area contributed by atoms with Crippen molar-refractivity contribution in [3.05, 3.63) is 48.0 Å². The van der Waals surface area contributed by atoms with Crippen LogP contribution in [0.15, 0.2) is 47.4 Å². The molecule has 4 nitrogen and oxygen atoms in total. The number of carbonyl (C=O) groups excluding carboxylic acids is 1. The Balaban J connectivity index is 1.64. The first kappa shape index (κ1) is 17.8. The standard InChI is InChI=1S/C19H20N2O2S2/c1-12(2)24-15-7-4-13(5-8-15)10-18(22)21-19-20-16-9-6-14(23-3)11-17(16)25-19/h4-9,11-12H,10H2,1-3H3,(H,20,21,22). The van der Waals surface area contributed by atoms with Gasteiger partial charge in [0.15, 0.2) is 5.13 Å². The lowest BCUT2D eigenvalue weighted by atomic mass is 10.1. The molecule has 0 aliphatic carbocycles. The smallest absolute Gasteiger partial charge is 0.230 e. The third-order valence-corrected chi connectivity index (χ3v) is 5.45. The van der Waals surface area contributed by atoms with Gasteiger partial charge in [0.2, 0.25) is 5.91 Å². The summed E-state index contributed by atoms with van der Waals surface area (Å²) in [4.78, 5) is 17.9. The van der Waals surface area contributed by atoms with Crippen molar-refractivity contribution in [3.63, 3.8) is 0 Å². The summed E-state index contributed by atoms with van der Waals surface area (Å²) in [7, 11) is 1.63. The number of hydrogen-bond acceptors (Lipinski definition) is 5. The van der Waals surface area contributed by atoms with Crippen molar-refractivity contribution in [1.29, 1.82) is 0 Å². The van der Waals surface area contributed by atoms with Crippen LogP contribution in [-0.4, -0.2) is 23.3 Å². The second kappa shape index (κ2) is 7.89. The van der Waals surface area contributed by atoms with E-state index in [-0.39, 0.29) is 5.91 Å². The number of anilines is 1. The summed E-state index contributed by atoms with van der Waals surface area (Å²) in [6.45, 7) is 4.33. The first-order valence-electron chi connectivity index (χ1n) is 8.03. The molecular weight excluding hydrogens is 352 g/mol. The van der Waals surface area contributed by atoms with E-state index in [1.54, 1.807) is 7.11 Å². The van der Waals surface area contributed by atoms with Crippen molar-refractivity contribution >= 4 is 44.4 Å². The molecule has 0 unspecified atom stereocenters. The van der Waals surface area contributed by atoms with Gasteiger partial charge >= 0.3 is 0 Å². The molecule has 3 aromatic rings. The molecule has 0 saturated carbocycles. The average Bonchev–Trinajstić information content (AvgIpc) is 2.97. The van der Waals surface area contributed by atoms with E-state index in [1.165, 1.54) is 16.2 Å². The monoisotopic (exact) mass is 372 g/mol. The van der Waals surface area contributed by atoms with Crippen LogP contribution in [0.4, 0.5) is 5.13 Å². The summed E-state index contributed by atoms with van der Waals surface area (Å²) in [5, 5.41) is 4.05. The zero-order chi connectivity index (χ0) is 17.8. The predicted molar refractivity (Wildman–Crippen MR) is 106 cm³/mol. The highest BCUT2D eigenvalue weighted by molar-refractivity contribution is 7.99. The summed E-state index contributed by atoms with van der Waals surface area (Å²) in [5.74, 6) is 0.726. The molecule has 0 saturated heterocycles. The number of amides is 1. The zero-order valence-electron chi connectivity index (χ0n) is 14.4. The first-order chi connectivity index (χ1) is 12.0. The third-order valence-electron chi connectivity index (χ3n) is 3.50. The SMILES string of the molecule is COc1ccc2nc(NC(=O)Cc3ccc(SC(C)C)cc3)sc2c1. The van der Waals surface area contributed by atoms with Crippen LogP contribution >= 0.6 is 23.1 Å². The number of thioether (sulfide) groups is 1. The normalized spacial score (nSPS) is 11.0. The van der Waals surface area contributed by atoms with Gasteiger partial charge in [-0.15, -0.1) is 11.8 Å². The van der Waals surface area contributed by atoms with Crippen LogP contribution in [0.5, 0.6) is 5.75 Å². The van der Waals surface area contributed by atoms with Gasteiger partial charge in [-0.2, -0.15) is 0 Å². The van der Waals surface area contributed by atoms with Crippen LogP contribution in [0.25, 0.3) is 10.2 Å². The average molecular weight is 373 g/mol. The maximum Gasteiger partial charge on any atom is 0.230 e. The van der Waals surface area contributed by atoms with E-state index in [1.807, 2.05) is 42.1 Å². The van der Waals surface area contributed by atoms with Crippen LogP contribution in [0.3, 0.4) is 0 Å². The molecule has 25 heavy (non-hydrogen) atoms. The van der Waals surface area contributed by atoms with Gasteiger partial charge < -0.3 is 10.1 Å². The number of hydrogen-bond donors (Lipinski definition) is 1. The van der Waals surface area contributed by atoms with Crippen molar-refractivity contribution in [2.24, 2.45) is 0 Å². The zero-order valence-corrected chi connectivity index (χ0v) is 16.0. The lowest BCUT2D eigenvalue weighted by Crippen LogP contribution is -2.14. The van der Waals surface area contributed by atoms with Crippen molar-refractivity contribution in [3.8, 4) is 5.75 Å². The summed E-state index contributed by atoms with van der Waals surface area (Å²) in [5.41, 5.74) is 1.85. The van der Waals surface area contributed by atoms with Gasteiger partial charge in [0.1, 0.15) is 5.75 Å². The van der Waals surface area contributed by atoms with Gasteiger partial charge in [0, 0.05) is 10.1 Å². The highest BCUT2D eigenvalue weighted by Gasteiger charge is 2.10. The molecule has 1 aromatic heterocycles. The molecule has 6 heteroatoms. The second-order valence-electron chi connectivity index (χ2n) is 5.89. The van der Waals surface area contributed by atoms with Gasteiger partial charge in [0.25, 0.3) is 0 Å². The van der Waals surface area contributed by atoms with Crippen LogP contribution in [0.2, 0.25) is 0 Å². The number of ether oxygens (including phenoxy) is 1. The molecule has 0 radical (unpaired) electrons. The molecule has 1 N–H and O–H groups in total. The quantitative estimate of drug-likeness (QED) is 0.620. The number of benzene rings is 2. The Morgan fingerprint density at radius 2 is 2.00 bits per heavy atom. The van der Waals surface area contributed by atoms with Crippen LogP contribution in [-0.2, 0) is 11.2 Å². The Labute approximate surface area is 155 Å². The summed E-state index contributed by atoms with van der Waals surface area (Å²) in [6.07, 6.45) is 0.339. The minimum atomic E-state index is -0.0599. The third kappa shape index (κ3) is 4.74. The molecular formula is C19H20N2O2S2. The lowest BCUT2D eigenvalue weighted by Gasteiger charge is -2.06. The van der Waals surface area contributed by atoms with Gasteiger partial charge in [-0.1, -0.05) is 37.3 Å².